The van der Waals surface area contributed by atoms with Crippen LogP contribution in [0.25, 0.3) is 0 Å². The minimum absolute atomic E-state index is 0.00984. The molecular formula is C82H129NO8P+. The molecule has 2 unspecified atom stereocenters. The molecule has 0 aromatic heterocycles. The van der Waals surface area contributed by atoms with E-state index in [1.54, 1.807) is 0 Å². The number of esters is 2. The van der Waals surface area contributed by atoms with Crippen LogP contribution in [-0.4, -0.2) is 74.9 Å². The molecule has 0 aliphatic heterocycles. The fraction of sp³-hybridized carbons (Fsp3) is 0.537. The minimum atomic E-state index is -4.42. The normalized spacial score (nSPS) is 14.5. The maximum absolute atomic E-state index is 12.9. The average molecular weight is 1290 g/mol. The zero-order valence-corrected chi connectivity index (χ0v) is 59.3. The van der Waals surface area contributed by atoms with Gasteiger partial charge in [0.2, 0.25) is 0 Å². The molecule has 0 aromatic rings. The predicted octanol–water partition coefficient (Wildman–Crippen LogP) is 23.6. The number of ether oxygens (including phenoxy) is 2. The van der Waals surface area contributed by atoms with Gasteiger partial charge in [0, 0.05) is 12.8 Å². The molecule has 92 heavy (non-hydrogen) atoms. The van der Waals surface area contributed by atoms with Crippen LogP contribution in [0.15, 0.2) is 219 Å². The molecule has 0 spiro atoms. The van der Waals surface area contributed by atoms with E-state index in [9.17, 15) is 19.0 Å². The van der Waals surface area contributed by atoms with Gasteiger partial charge in [-0.1, -0.05) is 290 Å². The molecule has 10 heteroatoms. The maximum atomic E-state index is 12.9. The molecule has 0 aliphatic rings. The Hall–Kier alpha value is -5.67. The number of nitrogens with zero attached hydrogens (tertiary/aromatic N) is 1. The molecule has 0 radical (unpaired) electrons. The van der Waals surface area contributed by atoms with Crippen molar-refractivity contribution in [1.29, 1.82) is 0 Å². The van der Waals surface area contributed by atoms with Crippen LogP contribution >= 0.6 is 7.82 Å². The first kappa shape index (κ1) is 86.3. The lowest BCUT2D eigenvalue weighted by Crippen LogP contribution is -2.37. The van der Waals surface area contributed by atoms with E-state index < -0.39 is 32.5 Å². The van der Waals surface area contributed by atoms with Crippen LogP contribution in [0, 0.1) is 0 Å². The number of hydrogen-bond donors (Lipinski definition) is 1. The molecule has 0 bridgehead atoms. The van der Waals surface area contributed by atoms with Crippen molar-refractivity contribution in [2.75, 3.05) is 47.5 Å². The van der Waals surface area contributed by atoms with Gasteiger partial charge in [0.25, 0.3) is 0 Å². The van der Waals surface area contributed by atoms with Crippen LogP contribution in [-0.2, 0) is 32.7 Å². The first-order valence-electron chi connectivity index (χ1n) is 35.5. The Labute approximate surface area is 563 Å². The Bertz CT molecular complexity index is 2360. The Balaban J connectivity index is 4.21. The van der Waals surface area contributed by atoms with E-state index in [1.807, 2.05) is 21.1 Å². The summed E-state index contributed by atoms with van der Waals surface area (Å²) in [7, 11) is 1.41. The molecule has 9 nitrogen and oxygen atoms in total. The van der Waals surface area contributed by atoms with Gasteiger partial charge in [-0.3, -0.25) is 18.6 Å². The van der Waals surface area contributed by atoms with Crippen molar-refractivity contribution in [3.63, 3.8) is 0 Å². The van der Waals surface area contributed by atoms with Gasteiger partial charge >= 0.3 is 19.8 Å². The van der Waals surface area contributed by atoms with E-state index in [2.05, 4.69) is 233 Å². The highest BCUT2D eigenvalue weighted by molar-refractivity contribution is 7.47. The Morgan fingerprint density at radius 2 is 0.598 bits per heavy atom. The molecule has 2 atom stereocenters. The maximum Gasteiger partial charge on any atom is 0.472 e. The zero-order valence-electron chi connectivity index (χ0n) is 58.4. The third-order valence-corrected chi connectivity index (χ3v) is 15.0. The average Bonchev–Trinajstić information content (AvgIpc) is 2.14. The van der Waals surface area contributed by atoms with E-state index in [4.69, 9.17) is 18.5 Å². The highest BCUT2D eigenvalue weighted by Gasteiger charge is 2.27. The van der Waals surface area contributed by atoms with Gasteiger partial charge in [-0.25, -0.2) is 4.57 Å². The minimum Gasteiger partial charge on any atom is -0.462 e. The van der Waals surface area contributed by atoms with Gasteiger partial charge in [-0.05, 0) is 148 Å². The predicted molar refractivity (Wildman–Crippen MR) is 398 cm³/mol. The number of carbonyl (C=O) groups is 2. The fourth-order valence-corrected chi connectivity index (χ4v) is 9.40. The molecule has 0 aromatic carbocycles. The van der Waals surface area contributed by atoms with Crippen molar-refractivity contribution in [2.45, 2.75) is 238 Å². The third-order valence-electron chi connectivity index (χ3n) is 14.0. The SMILES string of the molecule is CC/C=C\C/C=C\C/C=C\C/C=C\C/C=C\C/C=C\C/C=C\C/C=C\C/C=C\CCCCCCCCCCCCCC(=O)OC(COC(=O)CCC/C=C\C/C=C\C/C=C\C/C=C\C/C=C\C/C=C\C/C=C\C/C=C\C/C=C\CC)COP(=O)(O)OCC[N+](C)(C)C. The van der Waals surface area contributed by atoms with Gasteiger partial charge in [0.05, 0.1) is 27.7 Å². The lowest BCUT2D eigenvalue weighted by Gasteiger charge is -2.24. The third kappa shape index (κ3) is 73.4. The summed E-state index contributed by atoms with van der Waals surface area (Å²) in [5.41, 5.74) is 0. The monoisotopic (exact) mass is 1290 g/mol. The summed E-state index contributed by atoms with van der Waals surface area (Å²) in [6.45, 7) is 4.11. The number of hydrogen-bond acceptors (Lipinski definition) is 7. The Kier molecular flexibility index (Phi) is 65.4. The van der Waals surface area contributed by atoms with Gasteiger partial charge in [0.1, 0.15) is 19.8 Å². The van der Waals surface area contributed by atoms with Crippen molar-refractivity contribution in [1.82, 2.24) is 0 Å². The van der Waals surface area contributed by atoms with Crippen molar-refractivity contribution < 1.29 is 42.1 Å². The first-order valence-corrected chi connectivity index (χ1v) is 37.0. The summed E-state index contributed by atoms with van der Waals surface area (Å²) in [5, 5.41) is 0. The number of unbranched alkanes of at least 4 members (excludes halogenated alkanes) is 12. The van der Waals surface area contributed by atoms with Crippen LogP contribution in [0.2, 0.25) is 0 Å². The van der Waals surface area contributed by atoms with E-state index >= 15 is 0 Å². The molecule has 0 amide bonds. The van der Waals surface area contributed by atoms with Crippen molar-refractivity contribution in [2.24, 2.45) is 0 Å². The fourth-order valence-electron chi connectivity index (χ4n) is 8.66. The molecule has 1 N–H and O–H groups in total. The number of allylic oxidation sites excluding steroid dienone is 36. The molecule has 0 rings (SSSR count). The molecule has 0 saturated heterocycles. The molecule has 0 aliphatic carbocycles. The number of likely N-dealkylation sites (N-methyl/N-ethyl adjacent to an activating group) is 1. The van der Waals surface area contributed by atoms with E-state index in [0.29, 0.717) is 23.9 Å². The Morgan fingerprint density at radius 3 is 0.902 bits per heavy atom. The molecular weight excluding hydrogens is 1160 g/mol. The number of rotatable bonds is 62. The molecule has 514 valence electrons. The first-order chi connectivity index (χ1) is 45.0. The number of phosphoric acid groups is 1. The quantitative estimate of drug-likeness (QED) is 0.0211. The van der Waals surface area contributed by atoms with Gasteiger partial charge in [0.15, 0.2) is 6.10 Å². The zero-order chi connectivity index (χ0) is 66.9. The van der Waals surface area contributed by atoms with Gasteiger partial charge in [-0.15, -0.1) is 0 Å². The van der Waals surface area contributed by atoms with Crippen LogP contribution in [0.3, 0.4) is 0 Å². The molecule has 0 fully saturated rings. The van der Waals surface area contributed by atoms with Crippen LogP contribution in [0.4, 0.5) is 0 Å². The summed E-state index contributed by atoms with van der Waals surface area (Å²) in [5.74, 6) is -0.887. The van der Waals surface area contributed by atoms with E-state index in [0.717, 1.165) is 148 Å². The molecule has 0 heterocycles. The summed E-state index contributed by atoms with van der Waals surface area (Å²) >= 11 is 0. The van der Waals surface area contributed by atoms with Crippen LogP contribution < -0.4 is 0 Å². The second kappa shape index (κ2) is 69.7. The number of carbonyl (C=O) groups excluding carboxylic acids is 2. The highest BCUT2D eigenvalue weighted by atomic mass is 31.2. The number of phosphoric ester groups is 1. The lowest BCUT2D eigenvalue weighted by molar-refractivity contribution is -0.870. The topological polar surface area (TPSA) is 108 Å². The van der Waals surface area contributed by atoms with Crippen LogP contribution in [0.1, 0.15) is 232 Å². The van der Waals surface area contributed by atoms with Gasteiger partial charge < -0.3 is 18.9 Å². The van der Waals surface area contributed by atoms with E-state index in [1.165, 1.54) is 44.9 Å². The summed E-state index contributed by atoms with van der Waals surface area (Å²) in [4.78, 5) is 35.9. The van der Waals surface area contributed by atoms with Crippen molar-refractivity contribution in [3.05, 3.63) is 219 Å². The van der Waals surface area contributed by atoms with Crippen molar-refractivity contribution >= 4 is 19.8 Å². The second-order valence-corrected chi connectivity index (χ2v) is 25.3. The van der Waals surface area contributed by atoms with Gasteiger partial charge in [-0.2, -0.15) is 0 Å². The largest absolute Gasteiger partial charge is 0.472 e. The van der Waals surface area contributed by atoms with Crippen LogP contribution in [0.5, 0.6) is 0 Å². The lowest BCUT2D eigenvalue weighted by atomic mass is 10.0. The Morgan fingerprint density at radius 1 is 0.337 bits per heavy atom. The highest BCUT2D eigenvalue weighted by Crippen LogP contribution is 2.43. The summed E-state index contributed by atoms with van der Waals surface area (Å²) in [6, 6.07) is 0. The second-order valence-electron chi connectivity index (χ2n) is 23.8. The van der Waals surface area contributed by atoms with E-state index in [-0.39, 0.29) is 26.1 Å². The standard InChI is InChI=1S/C82H128NO8P/c1-6-8-10-12-14-16-18-20-22-24-26-28-30-32-34-36-37-38-39-40-41-42-43-44-45-47-49-51-53-55-57-59-61-63-65-67-69-71-73-75-82(85)91-80(79-90-92(86,87)89-77-76-83(3,4)5)78-88-81(84)74-72-70-68-66-64-62-60-58-56-54-52-50-48-46-35-33-31-29-27-25-23-21-19-17-15-13-11-9-7-2/h8-11,14-17,20-23,26-29,32-35,37-38,40-41,43-44,47-50,54,56,60,62,66,68,80H,6-7,12-13,18-19,24-25,30-31,36,39,42,45-46,51-53,55,57-59,61,63-65,67,69-79H2,1-5H3/p+1/b10-8-,11-9-,16-14-,17-15-,22-20-,23-21-,28-26-,29-27-,34-32-,35-33-,38-37-,41-40-,44-43-,49-47-,50-48-,56-54-,62-60-,68-66-. The molecule has 0 saturated carbocycles. The summed E-state index contributed by atoms with van der Waals surface area (Å²) < 4.78 is 34.6. The summed E-state index contributed by atoms with van der Waals surface area (Å²) in [6.07, 6.45) is 112. The smallest absolute Gasteiger partial charge is 0.462 e. The number of quaternary nitrogens is 1. The van der Waals surface area contributed by atoms with Crippen molar-refractivity contribution in [3.8, 4) is 0 Å².